The molecule has 3 N–H and O–H groups in total. The maximum absolute atomic E-state index is 12.7. The largest absolute Gasteiger partial charge is 0.354 e. The van der Waals surface area contributed by atoms with Crippen LogP contribution < -0.4 is 15.5 Å². The van der Waals surface area contributed by atoms with Gasteiger partial charge in [0, 0.05) is 67.0 Å². The molecule has 0 saturated carbocycles. The van der Waals surface area contributed by atoms with Crippen LogP contribution in [0.1, 0.15) is 93.7 Å². The molecule has 0 spiro atoms. The molecular formula is C50H59N4O5S+. The molecule has 0 atom stereocenters. The number of anilines is 1. The van der Waals surface area contributed by atoms with Gasteiger partial charge < -0.3 is 15.5 Å². The van der Waals surface area contributed by atoms with Crippen molar-refractivity contribution in [1.29, 1.82) is 0 Å². The highest BCUT2D eigenvalue weighted by Crippen LogP contribution is 2.47. The monoisotopic (exact) mass is 827 g/mol. The molecular weight excluding hydrogens is 769 g/mol. The zero-order chi connectivity index (χ0) is 43.1. The Morgan fingerprint density at radius 2 is 1.42 bits per heavy atom. The number of hydrogen-bond acceptors (Lipinski definition) is 5. The van der Waals surface area contributed by atoms with E-state index in [-0.39, 0.29) is 28.5 Å². The molecule has 0 unspecified atom stereocenters. The topological polar surface area (TPSA) is 119 Å². The average Bonchev–Trinajstić information content (AvgIpc) is 3.57. The number of hydrogen-bond donors (Lipinski definition) is 3. The van der Waals surface area contributed by atoms with E-state index in [1.165, 1.54) is 28.6 Å². The van der Waals surface area contributed by atoms with Crippen LogP contribution in [0.25, 0.3) is 12.2 Å². The molecule has 10 heteroatoms. The van der Waals surface area contributed by atoms with Crippen molar-refractivity contribution in [2.24, 2.45) is 0 Å². The van der Waals surface area contributed by atoms with Gasteiger partial charge in [-0.05, 0) is 87.1 Å². The van der Waals surface area contributed by atoms with E-state index >= 15 is 0 Å². The molecule has 0 bridgehead atoms. The third-order valence-electron chi connectivity index (χ3n) is 11.7. The summed E-state index contributed by atoms with van der Waals surface area (Å²) >= 11 is 0. The van der Waals surface area contributed by atoms with Crippen molar-refractivity contribution in [1.82, 2.24) is 10.6 Å². The van der Waals surface area contributed by atoms with E-state index < -0.39 is 15.5 Å². The molecule has 2 heterocycles. The summed E-state index contributed by atoms with van der Waals surface area (Å²) in [5.41, 5.74) is 10.1. The van der Waals surface area contributed by atoms with Crippen LogP contribution in [0.4, 0.5) is 11.4 Å². The van der Waals surface area contributed by atoms with Gasteiger partial charge in [0.15, 0.2) is 5.71 Å². The van der Waals surface area contributed by atoms with Crippen LogP contribution in [0.3, 0.4) is 0 Å². The van der Waals surface area contributed by atoms with E-state index in [0.717, 1.165) is 53.0 Å². The Balaban J connectivity index is 0.998. The van der Waals surface area contributed by atoms with Crippen LogP contribution in [-0.2, 0) is 37.0 Å². The average molecular weight is 828 g/mol. The number of carbonyl (C=O) groups is 2. The quantitative estimate of drug-likeness (QED) is 0.0423. The molecule has 2 aliphatic heterocycles. The summed E-state index contributed by atoms with van der Waals surface area (Å²) in [4.78, 5) is 27.5. The summed E-state index contributed by atoms with van der Waals surface area (Å²) < 4.78 is 36.4. The maximum Gasteiger partial charge on any atom is 0.294 e. The fourth-order valence-electron chi connectivity index (χ4n) is 8.36. The standard InChI is InChI=1S/C50H58N4O5S/c1-7-53-43-15-11-10-14-41(43)49(3,4)45(53)16-13-17-46-50(5,6)42-35-40(60(57,58)59)29-30-44(42)54(46)33-12-8-9-18-47(55)51-31-32-52-48(56)34-39-27-25-38(26-28-39)24-23-37-21-19-36(2)20-22-37/h10-11,13-17,19-30,35H,7-9,12,18,31-34H2,1-6H3,(H2-,51,52,55,56,57,58,59)/p+1/b24-23+. The van der Waals surface area contributed by atoms with Gasteiger partial charge in [0.25, 0.3) is 10.1 Å². The second kappa shape index (κ2) is 18.8. The molecule has 0 saturated heterocycles. The molecule has 2 aliphatic rings. The number of fused-ring (bicyclic) bond motifs is 2. The fraction of sp³-hybridized carbons (Fsp3) is 0.340. The number of para-hydroxylation sites is 1. The summed E-state index contributed by atoms with van der Waals surface area (Å²) in [6.45, 7) is 15.1. The van der Waals surface area contributed by atoms with E-state index in [9.17, 15) is 22.6 Å². The number of amides is 2. The molecule has 4 aromatic rings. The van der Waals surface area contributed by atoms with Gasteiger partial charge in [-0.1, -0.05) is 104 Å². The molecule has 2 amide bonds. The van der Waals surface area contributed by atoms with Gasteiger partial charge in [0.2, 0.25) is 17.5 Å². The summed E-state index contributed by atoms with van der Waals surface area (Å²) in [6.07, 6.45) is 13.5. The van der Waals surface area contributed by atoms with Gasteiger partial charge in [-0.25, -0.2) is 0 Å². The predicted octanol–water partition coefficient (Wildman–Crippen LogP) is 9.08. The minimum Gasteiger partial charge on any atom is -0.354 e. The first kappa shape index (κ1) is 44.0. The van der Waals surface area contributed by atoms with Crippen LogP contribution in [0.2, 0.25) is 0 Å². The Kier molecular flexibility index (Phi) is 13.8. The SMILES string of the molecule is CCN1C(=CC=CC2=[N+](CCCCCC(=O)NCCNC(=O)Cc3ccc(/C=C/c4ccc(C)cc4)cc3)c3ccc(S(=O)(=O)O)cc3C2(C)C)C(C)(C)c2ccccc21. The first-order valence-corrected chi connectivity index (χ1v) is 22.4. The molecule has 6 rings (SSSR count). The van der Waals surface area contributed by atoms with Crippen LogP contribution in [-0.4, -0.2) is 61.3 Å². The van der Waals surface area contributed by atoms with Crippen LogP contribution in [0.15, 0.2) is 120 Å². The lowest BCUT2D eigenvalue weighted by Crippen LogP contribution is -2.35. The third kappa shape index (κ3) is 10.2. The van der Waals surface area contributed by atoms with Crippen molar-refractivity contribution in [3.05, 3.63) is 148 Å². The van der Waals surface area contributed by atoms with Gasteiger partial charge in [-0.3, -0.25) is 14.1 Å². The zero-order valence-electron chi connectivity index (χ0n) is 35.8. The zero-order valence-corrected chi connectivity index (χ0v) is 36.6. The minimum absolute atomic E-state index is 0.0507. The lowest BCUT2D eigenvalue weighted by atomic mass is 9.81. The Morgan fingerprint density at radius 3 is 2.08 bits per heavy atom. The predicted molar refractivity (Wildman–Crippen MR) is 244 cm³/mol. The Hall–Kier alpha value is -5.58. The number of nitrogens with one attached hydrogen (secondary N) is 2. The number of benzene rings is 4. The van der Waals surface area contributed by atoms with E-state index in [4.69, 9.17) is 0 Å². The normalized spacial score (nSPS) is 16.2. The minimum atomic E-state index is -4.38. The first-order chi connectivity index (χ1) is 28.6. The van der Waals surface area contributed by atoms with Gasteiger partial charge in [0.05, 0.1) is 16.7 Å². The third-order valence-corrected chi connectivity index (χ3v) is 12.6. The number of rotatable bonds is 17. The van der Waals surface area contributed by atoms with Crippen molar-refractivity contribution < 1.29 is 27.1 Å². The van der Waals surface area contributed by atoms with Gasteiger partial charge in [-0.2, -0.15) is 13.0 Å². The van der Waals surface area contributed by atoms with Crippen molar-refractivity contribution in [2.45, 2.75) is 89.4 Å². The summed E-state index contributed by atoms with van der Waals surface area (Å²) in [5, 5.41) is 5.82. The smallest absolute Gasteiger partial charge is 0.294 e. The second-order valence-corrected chi connectivity index (χ2v) is 18.2. The molecule has 314 valence electrons. The second-order valence-electron chi connectivity index (χ2n) is 16.8. The van der Waals surface area contributed by atoms with E-state index in [2.05, 4.69) is 141 Å². The highest BCUT2D eigenvalue weighted by Gasteiger charge is 2.45. The number of nitrogens with zero attached hydrogens (tertiary/aromatic N) is 2. The van der Waals surface area contributed by atoms with Crippen LogP contribution in [0, 0.1) is 6.92 Å². The van der Waals surface area contributed by atoms with Gasteiger partial charge in [-0.15, -0.1) is 0 Å². The van der Waals surface area contributed by atoms with E-state index in [1.54, 1.807) is 12.1 Å². The lowest BCUT2D eigenvalue weighted by Gasteiger charge is -2.25. The number of likely N-dealkylation sites (N-methyl/N-ethyl adjacent to an activating group) is 1. The first-order valence-electron chi connectivity index (χ1n) is 21.0. The number of carbonyl (C=O) groups excluding carboxylic acids is 2. The highest BCUT2D eigenvalue weighted by atomic mass is 32.2. The van der Waals surface area contributed by atoms with Gasteiger partial charge >= 0.3 is 0 Å². The molecule has 9 nitrogen and oxygen atoms in total. The summed E-state index contributed by atoms with van der Waals surface area (Å²) in [6, 6.07) is 29.6. The molecule has 60 heavy (non-hydrogen) atoms. The fourth-order valence-corrected chi connectivity index (χ4v) is 8.86. The number of allylic oxidation sites excluding steroid dienone is 4. The van der Waals surface area contributed by atoms with Crippen molar-refractivity contribution in [3.8, 4) is 0 Å². The van der Waals surface area contributed by atoms with Crippen molar-refractivity contribution >= 4 is 51.2 Å². The van der Waals surface area contributed by atoms with Crippen molar-refractivity contribution in [2.75, 3.05) is 31.1 Å². The van der Waals surface area contributed by atoms with Crippen molar-refractivity contribution in [3.63, 3.8) is 0 Å². The van der Waals surface area contributed by atoms with Crippen LogP contribution in [0.5, 0.6) is 0 Å². The molecule has 0 fully saturated rings. The Bertz CT molecular complexity index is 2440. The molecule has 4 aromatic carbocycles. The van der Waals surface area contributed by atoms with Crippen LogP contribution >= 0.6 is 0 Å². The highest BCUT2D eigenvalue weighted by molar-refractivity contribution is 7.85. The number of unbranched alkanes of at least 4 members (excludes halogenated alkanes) is 2. The molecule has 0 aromatic heterocycles. The summed E-state index contributed by atoms with van der Waals surface area (Å²) in [5.74, 6) is -0.142. The number of aryl methyl sites for hydroxylation is 1. The lowest BCUT2D eigenvalue weighted by molar-refractivity contribution is -0.438. The Morgan fingerprint density at radius 1 is 0.767 bits per heavy atom. The van der Waals surface area contributed by atoms with Gasteiger partial charge in [0.1, 0.15) is 6.54 Å². The van der Waals surface area contributed by atoms with E-state index in [0.29, 0.717) is 32.5 Å². The molecule has 0 aliphatic carbocycles. The molecule has 0 radical (unpaired) electrons. The Labute approximate surface area is 356 Å². The van der Waals surface area contributed by atoms with E-state index in [1.807, 2.05) is 24.3 Å². The summed E-state index contributed by atoms with van der Waals surface area (Å²) in [7, 11) is -4.38. The maximum atomic E-state index is 12.7.